The van der Waals surface area contributed by atoms with E-state index in [1.807, 2.05) is 18.2 Å². The second-order valence-electron chi connectivity index (χ2n) is 6.66. The van der Waals surface area contributed by atoms with Crippen molar-refractivity contribution in [3.05, 3.63) is 69.8 Å². The second-order valence-corrected chi connectivity index (χ2v) is 6.66. The van der Waals surface area contributed by atoms with Gasteiger partial charge >= 0.3 is 0 Å². The van der Waals surface area contributed by atoms with Crippen LogP contribution in [-0.4, -0.2) is 55.1 Å². The van der Waals surface area contributed by atoms with Crippen LogP contribution in [0.2, 0.25) is 0 Å². The first-order chi connectivity index (χ1) is 13.6. The van der Waals surface area contributed by atoms with Gasteiger partial charge in [-0.05, 0) is 11.6 Å². The van der Waals surface area contributed by atoms with Gasteiger partial charge in [0.15, 0.2) is 0 Å². The molecule has 2 aromatic carbocycles. The van der Waals surface area contributed by atoms with E-state index in [0.717, 1.165) is 13.1 Å². The van der Waals surface area contributed by atoms with Gasteiger partial charge < -0.3 is 15.4 Å². The van der Waals surface area contributed by atoms with Gasteiger partial charge in [-0.3, -0.25) is 19.8 Å². The van der Waals surface area contributed by atoms with Crippen molar-refractivity contribution in [3.8, 4) is 0 Å². The van der Waals surface area contributed by atoms with E-state index in [-0.39, 0.29) is 23.3 Å². The lowest BCUT2D eigenvalue weighted by Crippen LogP contribution is -2.47. The number of non-ortho nitro benzene ring substituents is 1. The highest BCUT2D eigenvalue weighted by Crippen LogP contribution is 2.22. The number of anilines is 1. The monoisotopic (exact) mass is 384 g/mol. The number of amides is 1. The fourth-order valence-electron chi connectivity index (χ4n) is 3.24. The molecule has 2 N–H and O–H groups in total. The molecule has 1 amide bonds. The van der Waals surface area contributed by atoms with Crippen LogP contribution in [0.1, 0.15) is 15.9 Å². The van der Waals surface area contributed by atoms with E-state index in [1.165, 1.54) is 23.8 Å². The molecule has 148 valence electrons. The first-order valence-corrected chi connectivity index (χ1v) is 9.19. The lowest BCUT2D eigenvalue weighted by molar-refractivity contribution is -0.384. The molecule has 0 aliphatic carbocycles. The van der Waals surface area contributed by atoms with E-state index < -0.39 is 4.92 Å². The maximum Gasteiger partial charge on any atom is 0.270 e. The average molecular weight is 384 g/mol. The van der Waals surface area contributed by atoms with E-state index >= 15 is 0 Å². The summed E-state index contributed by atoms with van der Waals surface area (Å²) in [5, 5.41) is 16.7. The maximum absolute atomic E-state index is 12.6. The Kier molecular flexibility index (Phi) is 6.57. The van der Waals surface area contributed by atoms with Gasteiger partial charge in [0.05, 0.1) is 23.2 Å². The molecule has 3 rings (SSSR count). The molecule has 2 aromatic rings. The predicted octanol–water partition coefficient (Wildman–Crippen LogP) is 2.27. The Hall–Kier alpha value is -2.97. The van der Waals surface area contributed by atoms with Crippen LogP contribution in [0.25, 0.3) is 0 Å². The minimum atomic E-state index is -0.512. The standard InChI is InChI=1S/C20H24N4O4/c1-21-19-8-7-16(24(26)27)11-18(19)20(25)22-12-17-14-23(9-10-28-17)13-15-5-3-2-4-6-15/h2-8,11,17,21H,9-10,12-14H2,1H3,(H,22,25)/t17-/m1/s1. The molecule has 1 atom stereocenters. The first kappa shape index (κ1) is 19.8. The summed E-state index contributed by atoms with van der Waals surface area (Å²) < 4.78 is 5.77. The number of carbonyl (C=O) groups is 1. The number of ether oxygens (including phenoxy) is 1. The van der Waals surface area contributed by atoms with Crippen LogP contribution in [0.3, 0.4) is 0 Å². The zero-order valence-electron chi connectivity index (χ0n) is 15.8. The molecule has 8 heteroatoms. The molecule has 1 aliphatic rings. The average Bonchev–Trinajstić information content (AvgIpc) is 2.72. The fraction of sp³-hybridized carbons (Fsp3) is 0.350. The topological polar surface area (TPSA) is 96.7 Å². The summed E-state index contributed by atoms with van der Waals surface area (Å²) >= 11 is 0. The number of nitrogens with zero attached hydrogens (tertiary/aromatic N) is 2. The van der Waals surface area contributed by atoms with Crippen LogP contribution in [-0.2, 0) is 11.3 Å². The lowest BCUT2D eigenvalue weighted by atomic mass is 10.1. The number of benzene rings is 2. The maximum atomic E-state index is 12.6. The van der Waals surface area contributed by atoms with Crippen LogP contribution in [0.5, 0.6) is 0 Å². The van der Waals surface area contributed by atoms with Crippen molar-refractivity contribution < 1.29 is 14.5 Å². The summed E-state index contributed by atoms with van der Waals surface area (Å²) in [5.74, 6) is -0.364. The molecule has 0 saturated carbocycles. The summed E-state index contributed by atoms with van der Waals surface area (Å²) in [6, 6.07) is 14.4. The highest BCUT2D eigenvalue weighted by Gasteiger charge is 2.22. The van der Waals surface area contributed by atoms with Crippen molar-refractivity contribution >= 4 is 17.3 Å². The molecular formula is C20H24N4O4. The molecule has 8 nitrogen and oxygen atoms in total. The molecule has 0 aromatic heterocycles. The van der Waals surface area contributed by atoms with Gasteiger partial charge in [0, 0.05) is 51.0 Å². The molecule has 1 fully saturated rings. The van der Waals surface area contributed by atoms with E-state index in [1.54, 1.807) is 7.05 Å². The van der Waals surface area contributed by atoms with Crippen molar-refractivity contribution in [2.75, 3.05) is 38.6 Å². The van der Waals surface area contributed by atoms with E-state index in [9.17, 15) is 14.9 Å². The normalized spacial score (nSPS) is 17.1. The molecule has 1 heterocycles. The van der Waals surface area contributed by atoms with Gasteiger partial charge in [-0.2, -0.15) is 0 Å². The number of carbonyl (C=O) groups excluding carboxylic acids is 1. The van der Waals surface area contributed by atoms with Crippen LogP contribution >= 0.6 is 0 Å². The number of nitrogens with one attached hydrogen (secondary N) is 2. The Labute approximate surface area is 163 Å². The molecule has 0 bridgehead atoms. The van der Waals surface area contributed by atoms with Crippen LogP contribution < -0.4 is 10.6 Å². The fourth-order valence-corrected chi connectivity index (χ4v) is 3.24. The lowest BCUT2D eigenvalue weighted by Gasteiger charge is -2.33. The van der Waals surface area contributed by atoms with Crippen molar-refractivity contribution in [1.82, 2.24) is 10.2 Å². The van der Waals surface area contributed by atoms with Crippen molar-refractivity contribution in [2.45, 2.75) is 12.6 Å². The van der Waals surface area contributed by atoms with Crippen molar-refractivity contribution in [2.24, 2.45) is 0 Å². The van der Waals surface area contributed by atoms with Gasteiger partial charge in [-0.25, -0.2) is 0 Å². The molecule has 0 unspecified atom stereocenters. The minimum absolute atomic E-state index is 0.118. The minimum Gasteiger partial charge on any atom is -0.387 e. The Morgan fingerprint density at radius 3 is 2.79 bits per heavy atom. The highest BCUT2D eigenvalue weighted by atomic mass is 16.6. The SMILES string of the molecule is CNc1ccc([N+](=O)[O-])cc1C(=O)NC[C@@H]1CN(Cc2ccccc2)CCO1. The van der Waals surface area contributed by atoms with E-state index in [0.29, 0.717) is 25.4 Å². The number of nitro groups is 1. The van der Waals surface area contributed by atoms with Crippen molar-refractivity contribution in [1.29, 1.82) is 0 Å². The smallest absolute Gasteiger partial charge is 0.270 e. The predicted molar refractivity (Wildman–Crippen MR) is 106 cm³/mol. The molecule has 1 saturated heterocycles. The van der Waals surface area contributed by atoms with Gasteiger partial charge in [-0.15, -0.1) is 0 Å². The van der Waals surface area contributed by atoms with Gasteiger partial charge in [0.1, 0.15) is 0 Å². The van der Waals surface area contributed by atoms with E-state index in [2.05, 4.69) is 27.7 Å². The summed E-state index contributed by atoms with van der Waals surface area (Å²) in [5.41, 5.74) is 1.90. The second kappa shape index (κ2) is 9.29. The Morgan fingerprint density at radius 1 is 1.29 bits per heavy atom. The molecule has 0 radical (unpaired) electrons. The Balaban J connectivity index is 1.58. The summed E-state index contributed by atoms with van der Waals surface area (Å²) in [6.45, 7) is 3.34. The number of hydrogen-bond acceptors (Lipinski definition) is 6. The number of hydrogen-bond donors (Lipinski definition) is 2. The summed E-state index contributed by atoms with van der Waals surface area (Å²) in [7, 11) is 1.67. The number of rotatable bonds is 7. The summed E-state index contributed by atoms with van der Waals surface area (Å²) in [6.07, 6.45) is -0.127. The number of nitro benzene ring substituents is 1. The van der Waals surface area contributed by atoms with Gasteiger partial charge in [0.25, 0.3) is 11.6 Å². The van der Waals surface area contributed by atoms with Crippen LogP contribution in [0.4, 0.5) is 11.4 Å². The van der Waals surface area contributed by atoms with Gasteiger partial charge in [-0.1, -0.05) is 30.3 Å². The van der Waals surface area contributed by atoms with Crippen molar-refractivity contribution in [3.63, 3.8) is 0 Å². The highest BCUT2D eigenvalue weighted by molar-refractivity contribution is 6.00. The zero-order valence-corrected chi connectivity index (χ0v) is 15.8. The van der Waals surface area contributed by atoms with Crippen LogP contribution in [0, 0.1) is 10.1 Å². The molecule has 28 heavy (non-hydrogen) atoms. The van der Waals surface area contributed by atoms with Crippen LogP contribution in [0.15, 0.2) is 48.5 Å². The third-order valence-corrected chi connectivity index (χ3v) is 4.69. The Bertz CT molecular complexity index is 828. The number of morpholine rings is 1. The third kappa shape index (κ3) is 5.05. The van der Waals surface area contributed by atoms with Gasteiger partial charge in [0.2, 0.25) is 0 Å². The molecule has 1 aliphatic heterocycles. The van der Waals surface area contributed by atoms with E-state index in [4.69, 9.17) is 4.74 Å². The Morgan fingerprint density at radius 2 is 2.07 bits per heavy atom. The summed E-state index contributed by atoms with van der Waals surface area (Å²) in [4.78, 5) is 25.3. The quantitative estimate of drug-likeness (QED) is 0.561. The largest absolute Gasteiger partial charge is 0.387 e. The molecular weight excluding hydrogens is 360 g/mol. The first-order valence-electron chi connectivity index (χ1n) is 9.19. The third-order valence-electron chi connectivity index (χ3n) is 4.69. The molecule has 0 spiro atoms. The zero-order chi connectivity index (χ0) is 19.9.